The minimum absolute atomic E-state index is 0.755. The van der Waals surface area contributed by atoms with Crippen LogP contribution in [-0.2, 0) is 0 Å². The summed E-state index contributed by atoms with van der Waals surface area (Å²) in [6, 6.07) is 12.5. The highest BCUT2D eigenvalue weighted by atomic mass is 35.5. The van der Waals surface area contributed by atoms with Crippen LogP contribution >= 0.6 is 11.6 Å². The number of piperazine rings is 1. The smallest absolute Gasteiger partial charge is 0.133 e. The van der Waals surface area contributed by atoms with Crippen LogP contribution in [0.2, 0.25) is 5.02 Å². The van der Waals surface area contributed by atoms with Gasteiger partial charge in [0.2, 0.25) is 0 Å². The number of rotatable bonds is 7. The fourth-order valence-corrected chi connectivity index (χ4v) is 5.25. The Hall–Kier alpha value is -2.79. The number of hydrogen-bond donors (Lipinski definition) is 0. The van der Waals surface area contributed by atoms with E-state index in [0.29, 0.717) is 0 Å². The van der Waals surface area contributed by atoms with E-state index >= 15 is 0 Å². The van der Waals surface area contributed by atoms with Crippen LogP contribution < -0.4 is 4.90 Å². The molecule has 2 aliphatic heterocycles. The molecule has 180 valence electrons. The third-order valence-corrected chi connectivity index (χ3v) is 7.19. The number of benzene rings is 2. The standard InChI is InChI=1S/C28H36ClN5/c1-5-14-31-25-20-34(26-12-8-10-22-9-7-11-24(29)27(22)26)15-13-23(25)28(30-4)33-18-16-32(17-19-33)21(3)6-2/h7-12H,3-6,13-20H2,1-2H3/b28-23+,31-25?. The lowest BCUT2D eigenvalue weighted by Gasteiger charge is -2.40. The van der Waals surface area contributed by atoms with Crippen LogP contribution in [0.15, 0.2) is 70.1 Å². The van der Waals surface area contributed by atoms with Gasteiger partial charge in [0.1, 0.15) is 5.82 Å². The lowest BCUT2D eigenvalue weighted by atomic mass is 9.98. The number of hydrogen-bond acceptors (Lipinski definition) is 5. The first-order valence-corrected chi connectivity index (χ1v) is 12.8. The zero-order chi connectivity index (χ0) is 24.1. The first-order valence-electron chi connectivity index (χ1n) is 12.4. The molecule has 0 N–H and O–H groups in total. The molecule has 2 fully saturated rings. The van der Waals surface area contributed by atoms with Crippen LogP contribution in [0.4, 0.5) is 5.69 Å². The van der Waals surface area contributed by atoms with Crippen LogP contribution in [0.5, 0.6) is 0 Å². The Bertz CT molecular complexity index is 1110. The summed E-state index contributed by atoms with van der Waals surface area (Å²) < 4.78 is 0. The normalized spacial score (nSPS) is 19.6. The molecule has 0 aliphatic carbocycles. The van der Waals surface area contributed by atoms with Crippen molar-refractivity contribution in [1.29, 1.82) is 0 Å². The van der Waals surface area contributed by atoms with E-state index in [1.807, 2.05) is 12.1 Å². The van der Waals surface area contributed by atoms with Gasteiger partial charge in [0.15, 0.2) is 0 Å². The topological polar surface area (TPSA) is 34.4 Å². The Morgan fingerprint density at radius 2 is 1.71 bits per heavy atom. The lowest BCUT2D eigenvalue weighted by molar-refractivity contribution is 0.187. The molecule has 0 atom stereocenters. The highest BCUT2D eigenvalue weighted by Gasteiger charge is 2.28. The summed E-state index contributed by atoms with van der Waals surface area (Å²) in [6.45, 7) is 18.8. The average Bonchev–Trinajstić information content (AvgIpc) is 2.88. The molecule has 0 bridgehead atoms. The maximum Gasteiger partial charge on any atom is 0.133 e. The summed E-state index contributed by atoms with van der Waals surface area (Å²) in [4.78, 5) is 16.8. The number of nitrogens with zero attached hydrogens (tertiary/aromatic N) is 5. The number of anilines is 1. The molecule has 2 aromatic carbocycles. The van der Waals surface area contributed by atoms with E-state index in [-0.39, 0.29) is 0 Å². The van der Waals surface area contributed by atoms with E-state index in [4.69, 9.17) is 16.6 Å². The maximum atomic E-state index is 6.64. The van der Waals surface area contributed by atoms with Crippen molar-refractivity contribution in [3.63, 3.8) is 0 Å². The van der Waals surface area contributed by atoms with Gasteiger partial charge in [0.25, 0.3) is 0 Å². The molecule has 0 amide bonds. The molecule has 0 aromatic heterocycles. The van der Waals surface area contributed by atoms with Gasteiger partial charge in [-0.05, 0) is 43.5 Å². The van der Waals surface area contributed by atoms with Gasteiger partial charge in [-0.1, -0.05) is 56.3 Å². The zero-order valence-corrected chi connectivity index (χ0v) is 21.3. The van der Waals surface area contributed by atoms with Crippen LogP contribution in [0.1, 0.15) is 33.1 Å². The average molecular weight is 478 g/mol. The number of allylic oxidation sites excluding steroid dienone is 1. The van der Waals surface area contributed by atoms with Crippen LogP contribution in [0, 0.1) is 0 Å². The van der Waals surface area contributed by atoms with Gasteiger partial charge in [0.05, 0.1) is 17.3 Å². The SMILES string of the molecule is C=N/C(=C1/CCN(c2cccc3cccc(Cl)c23)CC1=NCCC)N1CCN(C(=C)CC)CC1. The van der Waals surface area contributed by atoms with Crippen LogP contribution in [0.3, 0.4) is 0 Å². The third-order valence-electron chi connectivity index (χ3n) is 6.87. The summed E-state index contributed by atoms with van der Waals surface area (Å²) in [5.41, 5.74) is 4.76. The van der Waals surface area contributed by atoms with E-state index in [9.17, 15) is 0 Å². The highest BCUT2D eigenvalue weighted by molar-refractivity contribution is 6.36. The summed E-state index contributed by atoms with van der Waals surface area (Å²) in [5, 5.41) is 3.07. The lowest BCUT2D eigenvalue weighted by Crippen LogP contribution is -2.46. The Morgan fingerprint density at radius 1 is 1.00 bits per heavy atom. The van der Waals surface area contributed by atoms with Gasteiger partial charge in [-0.15, -0.1) is 0 Å². The number of halogens is 1. The van der Waals surface area contributed by atoms with E-state index < -0.39 is 0 Å². The van der Waals surface area contributed by atoms with Gasteiger partial charge in [-0.2, -0.15) is 0 Å². The van der Waals surface area contributed by atoms with Crippen molar-refractivity contribution in [1.82, 2.24) is 9.80 Å². The molecule has 2 saturated heterocycles. The first kappa shape index (κ1) is 24.3. The second-order valence-electron chi connectivity index (χ2n) is 8.97. The highest BCUT2D eigenvalue weighted by Crippen LogP contribution is 2.35. The zero-order valence-electron chi connectivity index (χ0n) is 20.6. The molecule has 0 radical (unpaired) electrons. The summed E-state index contributed by atoms with van der Waals surface area (Å²) >= 11 is 6.64. The number of aliphatic imine (C=N–C) groups is 2. The van der Waals surface area contributed by atoms with E-state index in [0.717, 1.165) is 87.0 Å². The summed E-state index contributed by atoms with van der Waals surface area (Å²) in [7, 11) is 0. The minimum atomic E-state index is 0.755. The van der Waals surface area contributed by atoms with Crippen molar-refractivity contribution in [2.75, 3.05) is 50.7 Å². The third kappa shape index (κ3) is 5.00. The van der Waals surface area contributed by atoms with Crippen molar-refractivity contribution in [2.45, 2.75) is 33.1 Å². The Labute approximate surface area is 209 Å². The molecule has 0 saturated carbocycles. The molecule has 2 heterocycles. The largest absolute Gasteiger partial charge is 0.372 e. The van der Waals surface area contributed by atoms with Gasteiger partial charge in [-0.3, -0.25) is 4.99 Å². The fraction of sp³-hybridized carbons (Fsp3) is 0.429. The predicted molar refractivity (Wildman–Crippen MR) is 148 cm³/mol. The fourth-order valence-electron chi connectivity index (χ4n) is 4.97. The number of piperidine rings is 1. The second kappa shape index (κ2) is 11.1. The molecule has 2 aliphatic rings. The van der Waals surface area contributed by atoms with Gasteiger partial charge in [-0.25, -0.2) is 4.99 Å². The second-order valence-corrected chi connectivity index (χ2v) is 9.38. The monoisotopic (exact) mass is 477 g/mol. The minimum Gasteiger partial charge on any atom is -0.372 e. The van der Waals surface area contributed by atoms with E-state index in [1.165, 1.54) is 22.3 Å². The van der Waals surface area contributed by atoms with Crippen molar-refractivity contribution in [3.8, 4) is 0 Å². The molecule has 5 nitrogen and oxygen atoms in total. The molecule has 0 spiro atoms. The summed E-state index contributed by atoms with van der Waals surface area (Å²) in [5.74, 6) is 1.01. The maximum absolute atomic E-state index is 6.64. The first-order chi connectivity index (χ1) is 16.6. The van der Waals surface area contributed by atoms with Crippen LogP contribution in [0.25, 0.3) is 10.8 Å². The van der Waals surface area contributed by atoms with Gasteiger partial charge < -0.3 is 14.7 Å². The van der Waals surface area contributed by atoms with E-state index in [2.05, 4.69) is 71.1 Å². The van der Waals surface area contributed by atoms with Crippen molar-refractivity contribution in [2.24, 2.45) is 9.98 Å². The molecule has 6 heteroatoms. The van der Waals surface area contributed by atoms with Gasteiger partial charge in [0, 0.05) is 61.6 Å². The Kier molecular flexibility index (Phi) is 7.94. The predicted octanol–water partition coefficient (Wildman–Crippen LogP) is 6.01. The quantitative estimate of drug-likeness (QED) is 0.458. The van der Waals surface area contributed by atoms with E-state index in [1.54, 1.807) is 0 Å². The molecular formula is C28H36ClN5. The molecule has 4 rings (SSSR count). The molecule has 34 heavy (non-hydrogen) atoms. The molecule has 0 unspecified atom stereocenters. The Balaban J connectivity index is 1.63. The van der Waals surface area contributed by atoms with Crippen LogP contribution in [-0.4, -0.2) is 68.0 Å². The molecular weight excluding hydrogens is 442 g/mol. The summed E-state index contributed by atoms with van der Waals surface area (Å²) in [6.07, 6.45) is 2.90. The van der Waals surface area contributed by atoms with Crippen molar-refractivity contribution in [3.05, 3.63) is 65.1 Å². The Morgan fingerprint density at radius 3 is 2.38 bits per heavy atom. The number of fused-ring (bicyclic) bond motifs is 1. The van der Waals surface area contributed by atoms with Crippen molar-refractivity contribution >= 4 is 40.5 Å². The van der Waals surface area contributed by atoms with Crippen molar-refractivity contribution < 1.29 is 0 Å². The van der Waals surface area contributed by atoms with Gasteiger partial charge >= 0.3 is 0 Å². The molecule has 2 aromatic rings.